The summed E-state index contributed by atoms with van der Waals surface area (Å²) in [5.41, 5.74) is 5.76. The van der Waals surface area contributed by atoms with Crippen LogP contribution in [0.15, 0.2) is 66.7 Å². The van der Waals surface area contributed by atoms with Crippen molar-refractivity contribution < 1.29 is 4.39 Å². The van der Waals surface area contributed by atoms with E-state index < -0.39 is 0 Å². The summed E-state index contributed by atoms with van der Waals surface area (Å²) in [6.07, 6.45) is 11.7. The minimum Gasteiger partial charge on any atom is -0.207 e. The van der Waals surface area contributed by atoms with E-state index in [2.05, 4.69) is 61.8 Å². The Balaban J connectivity index is 1.54. The number of rotatable bonds is 10. The lowest BCUT2D eigenvalue weighted by atomic mass is 10.0. The summed E-state index contributed by atoms with van der Waals surface area (Å²) in [4.78, 5) is 0. The molecule has 0 spiro atoms. The fourth-order valence-electron chi connectivity index (χ4n) is 4.01. The highest BCUT2D eigenvalue weighted by molar-refractivity contribution is 5.48. The van der Waals surface area contributed by atoms with Gasteiger partial charge in [-0.3, -0.25) is 0 Å². The number of aryl methyl sites for hydroxylation is 2. The molecule has 0 aliphatic rings. The van der Waals surface area contributed by atoms with Crippen LogP contribution in [0.25, 0.3) is 0 Å². The van der Waals surface area contributed by atoms with Crippen LogP contribution in [0.1, 0.15) is 98.6 Å². The molecule has 35 heavy (non-hydrogen) atoms. The molecule has 0 nitrogen and oxygen atoms in total. The molecule has 0 saturated carbocycles. The maximum atomic E-state index is 14.4. The van der Waals surface area contributed by atoms with Gasteiger partial charge in [0.15, 0.2) is 0 Å². The van der Waals surface area contributed by atoms with E-state index >= 15 is 0 Å². The zero-order chi connectivity index (χ0) is 24.7. The average molecular weight is 465 g/mol. The van der Waals surface area contributed by atoms with Gasteiger partial charge in [-0.15, -0.1) is 0 Å². The first-order chi connectivity index (χ1) is 17.2. The molecule has 0 aromatic heterocycles. The van der Waals surface area contributed by atoms with Crippen LogP contribution in [0.4, 0.5) is 4.39 Å². The Morgan fingerprint density at radius 1 is 0.514 bits per heavy atom. The standard InChI is InChI=1S/C34H37F/c1-3-5-7-9-11-28-13-15-29(16-14-28)17-18-30-19-21-31(22-20-30)23-24-32-25-26-33(34(35)27-32)12-10-8-6-4-2/h13-16,19-22,25-27H,3-12H2,1-2H3. The van der Waals surface area contributed by atoms with Crippen LogP contribution in [0.2, 0.25) is 0 Å². The van der Waals surface area contributed by atoms with Crippen LogP contribution in [-0.4, -0.2) is 0 Å². The van der Waals surface area contributed by atoms with Crippen LogP contribution < -0.4 is 0 Å². The van der Waals surface area contributed by atoms with Crippen molar-refractivity contribution in [3.63, 3.8) is 0 Å². The molecular formula is C34H37F. The molecule has 0 N–H and O–H groups in total. The minimum absolute atomic E-state index is 0.150. The summed E-state index contributed by atoms with van der Waals surface area (Å²) in [5.74, 6) is 12.5. The quantitative estimate of drug-likeness (QED) is 0.208. The lowest BCUT2D eigenvalue weighted by Gasteiger charge is -2.03. The summed E-state index contributed by atoms with van der Waals surface area (Å²) in [6.45, 7) is 4.43. The molecule has 0 unspecified atom stereocenters. The first kappa shape index (κ1) is 26.3. The maximum absolute atomic E-state index is 14.4. The van der Waals surface area contributed by atoms with E-state index in [4.69, 9.17) is 0 Å². The van der Waals surface area contributed by atoms with Gasteiger partial charge in [0, 0.05) is 22.3 Å². The van der Waals surface area contributed by atoms with Gasteiger partial charge in [0.2, 0.25) is 0 Å². The largest absolute Gasteiger partial charge is 0.207 e. The zero-order valence-corrected chi connectivity index (χ0v) is 21.3. The van der Waals surface area contributed by atoms with E-state index in [1.807, 2.05) is 36.4 Å². The van der Waals surface area contributed by atoms with Gasteiger partial charge in [-0.25, -0.2) is 4.39 Å². The molecule has 3 rings (SSSR count). The van der Waals surface area contributed by atoms with E-state index in [-0.39, 0.29) is 5.82 Å². The van der Waals surface area contributed by atoms with Crippen molar-refractivity contribution >= 4 is 0 Å². The molecule has 180 valence electrons. The molecule has 0 radical (unpaired) electrons. The fourth-order valence-corrected chi connectivity index (χ4v) is 4.01. The van der Waals surface area contributed by atoms with Crippen molar-refractivity contribution in [1.82, 2.24) is 0 Å². The van der Waals surface area contributed by atoms with Crippen LogP contribution in [0.5, 0.6) is 0 Å². The summed E-state index contributed by atoms with van der Waals surface area (Å²) < 4.78 is 14.4. The van der Waals surface area contributed by atoms with Gasteiger partial charge in [0.05, 0.1) is 0 Å². The third-order valence-corrected chi connectivity index (χ3v) is 6.21. The highest BCUT2D eigenvalue weighted by Crippen LogP contribution is 2.14. The topological polar surface area (TPSA) is 0 Å². The zero-order valence-electron chi connectivity index (χ0n) is 21.3. The molecule has 0 bridgehead atoms. The molecule has 0 amide bonds. The molecule has 0 aliphatic heterocycles. The number of benzene rings is 3. The molecule has 0 aliphatic carbocycles. The number of hydrogen-bond donors (Lipinski definition) is 0. The Morgan fingerprint density at radius 3 is 1.49 bits per heavy atom. The van der Waals surface area contributed by atoms with Crippen molar-refractivity contribution in [2.24, 2.45) is 0 Å². The molecule has 3 aromatic carbocycles. The highest BCUT2D eigenvalue weighted by atomic mass is 19.1. The molecule has 0 heterocycles. The van der Waals surface area contributed by atoms with Crippen LogP contribution >= 0.6 is 0 Å². The number of hydrogen-bond acceptors (Lipinski definition) is 0. The first-order valence-electron chi connectivity index (χ1n) is 13.2. The number of unbranched alkanes of at least 4 members (excludes halogenated alkanes) is 6. The van der Waals surface area contributed by atoms with Crippen molar-refractivity contribution in [1.29, 1.82) is 0 Å². The van der Waals surface area contributed by atoms with Gasteiger partial charge < -0.3 is 0 Å². The first-order valence-corrected chi connectivity index (χ1v) is 13.2. The van der Waals surface area contributed by atoms with E-state index in [0.29, 0.717) is 5.56 Å². The third-order valence-electron chi connectivity index (χ3n) is 6.21. The smallest absolute Gasteiger partial charge is 0.127 e. The second kappa shape index (κ2) is 14.9. The Morgan fingerprint density at radius 2 is 0.971 bits per heavy atom. The van der Waals surface area contributed by atoms with Crippen molar-refractivity contribution in [3.05, 3.63) is 106 Å². The van der Waals surface area contributed by atoms with Crippen LogP contribution in [0, 0.1) is 29.5 Å². The maximum Gasteiger partial charge on any atom is 0.127 e. The predicted molar refractivity (Wildman–Crippen MR) is 147 cm³/mol. The summed E-state index contributed by atoms with van der Waals surface area (Å²) >= 11 is 0. The summed E-state index contributed by atoms with van der Waals surface area (Å²) in [7, 11) is 0. The van der Waals surface area contributed by atoms with Crippen molar-refractivity contribution in [2.45, 2.75) is 78.1 Å². The van der Waals surface area contributed by atoms with Crippen molar-refractivity contribution in [2.75, 3.05) is 0 Å². The van der Waals surface area contributed by atoms with Gasteiger partial charge in [0.1, 0.15) is 5.82 Å². The number of halogens is 1. The Hall–Kier alpha value is -3.29. The second-order valence-corrected chi connectivity index (χ2v) is 9.20. The third kappa shape index (κ3) is 9.47. The minimum atomic E-state index is -0.150. The summed E-state index contributed by atoms with van der Waals surface area (Å²) in [6, 6.07) is 21.9. The monoisotopic (exact) mass is 464 g/mol. The van der Waals surface area contributed by atoms with Gasteiger partial charge in [-0.05, 0) is 85.3 Å². The van der Waals surface area contributed by atoms with Gasteiger partial charge >= 0.3 is 0 Å². The predicted octanol–water partition coefficient (Wildman–Crippen LogP) is 8.87. The van der Waals surface area contributed by atoms with E-state index in [1.54, 1.807) is 6.07 Å². The van der Waals surface area contributed by atoms with Crippen molar-refractivity contribution in [3.8, 4) is 23.7 Å². The molecule has 1 heteroatoms. The lowest BCUT2D eigenvalue weighted by molar-refractivity contribution is 0.593. The average Bonchev–Trinajstić information content (AvgIpc) is 2.89. The SMILES string of the molecule is CCCCCCc1ccc(C#Cc2ccc(C#Cc3ccc(CCCCCC)c(F)c3)cc2)cc1. The van der Waals surface area contributed by atoms with Crippen LogP contribution in [-0.2, 0) is 12.8 Å². The van der Waals surface area contributed by atoms with Gasteiger partial charge in [-0.1, -0.05) is 94.3 Å². The molecule has 0 fully saturated rings. The van der Waals surface area contributed by atoms with E-state index in [0.717, 1.165) is 47.9 Å². The Kier molecular flexibility index (Phi) is 11.2. The van der Waals surface area contributed by atoms with E-state index in [1.165, 1.54) is 44.1 Å². The second-order valence-electron chi connectivity index (χ2n) is 9.20. The summed E-state index contributed by atoms with van der Waals surface area (Å²) in [5, 5.41) is 0. The van der Waals surface area contributed by atoms with Gasteiger partial charge in [0.25, 0.3) is 0 Å². The normalized spacial score (nSPS) is 10.3. The van der Waals surface area contributed by atoms with E-state index in [9.17, 15) is 4.39 Å². The fraction of sp³-hybridized carbons (Fsp3) is 0.353. The van der Waals surface area contributed by atoms with Gasteiger partial charge in [-0.2, -0.15) is 0 Å². The lowest BCUT2D eigenvalue weighted by Crippen LogP contribution is -1.92. The molecule has 0 atom stereocenters. The Bertz CT molecular complexity index is 1160. The molecular weight excluding hydrogens is 427 g/mol. The highest BCUT2D eigenvalue weighted by Gasteiger charge is 2.02. The van der Waals surface area contributed by atoms with Crippen LogP contribution in [0.3, 0.4) is 0 Å². The Labute approximate surface area is 212 Å². The molecule has 0 saturated heterocycles. The molecule has 3 aromatic rings.